The zero-order valence-corrected chi connectivity index (χ0v) is 15.0. The van der Waals surface area contributed by atoms with Gasteiger partial charge in [-0.25, -0.2) is 5.43 Å². The number of non-ortho nitro benzene ring substituents is 1. The van der Waals surface area contributed by atoms with Gasteiger partial charge < -0.3 is 0 Å². The summed E-state index contributed by atoms with van der Waals surface area (Å²) in [6, 6.07) is 16.0. The predicted molar refractivity (Wildman–Crippen MR) is 104 cm³/mol. The molecule has 0 bridgehead atoms. The van der Waals surface area contributed by atoms with Crippen molar-refractivity contribution in [2.45, 2.75) is 25.7 Å². The minimum Gasteiger partial charge on any atom is -0.273 e. The van der Waals surface area contributed by atoms with Gasteiger partial charge in [-0.1, -0.05) is 54.1 Å². The molecule has 1 aliphatic carbocycles. The number of allylic oxidation sites excluding steroid dienone is 2. The summed E-state index contributed by atoms with van der Waals surface area (Å²) in [6.45, 7) is 2.04. The Hall–Kier alpha value is -3.28. The number of hydrazone groups is 1. The minimum absolute atomic E-state index is 0.0253. The van der Waals surface area contributed by atoms with Gasteiger partial charge in [0.15, 0.2) is 0 Å². The molecule has 2 atom stereocenters. The number of nitro benzene ring substituents is 1. The van der Waals surface area contributed by atoms with Crippen LogP contribution in [0.1, 0.15) is 36.8 Å². The lowest BCUT2D eigenvalue weighted by atomic mass is 9.75. The Morgan fingerprint density at radius 2 is 1.89 bits per heavy atom. The van der Waals surface area contributed by atoms with Crippen LogP contribution < -0.4 is 5.43 Å². The van der Waals surface area contributed by atoms with E-state index in [1.807, 2.05) is 37.3 Å². The van der Waals surface area contributed by atoms with Crippen molar-refractivity contribution >= 4 is 17.8 Å². The number of benzene rings is 2. The topological polar surface area (TPSA) is 84.6 Å². The molecule has 0 heterocycles. The summed E-state index contributed by atoms with van der Waals surface area (Å²) in [6.07, 6.45) is 5.06. The van der Waals surface area contributed by atoms with E-state index in [-0.39, 0.29) is 23.4 Å². The van der Waals surface area contributed by atoms with E-state index < -0.39 is 4.92 Å². The Labute approximate surface area is 157 Å². The average Bonchev–Trinajstić information content (AvgIpc) is 2.68. The van der Waals surface area contributed by atoms with Gasteiger partial charge in [-0.15, -0.1) is 0 Å². The number of nitrogens with zero attached hydrogens (tertiary/aromatic N) is 2. The molecule has 0 saturated carbocycles. The molecule has 0 aliphatic heterocycles. The molecule has 1 aliphatic rings. The first-order valence-corrected chi connectivity index (χ1v) is 8.82. The molecular formula is C21H21N3O3. The summed E-state index contributed by atoms with van der Waals surface area (Å²) >= 11 is 0. The number of carbonyl (C=O) groups is 1. The number of nitro groups is 1. The van der Waals surface area contributed by atoms with Gasteiger partial charge in [-0.05, 0) is 36.8 Å². The molecule has 0 fully saturated rings. The van der Waals surface area contributed by atoms with Crippen LogP contribution in [0, 0.1) is 16.0 Å². The maximum atomic E-state index is 12.7. The summed E-state index contributed by atoms with van der Waals surface area (Å²) in [5.74, 6) is -0.430. The van der Waals surface area contributed by atoms with Crippen molar-refractivity contribution < 1.29 is 9.72 Å². The van der Waals surface area contributed by atoms with Crippen molar-refractivity contribution in [1.82, 2.24) is 5.43 Å². The van der Waals surface area contributed by atoms with Crippen LogP contribution in [0.3, 0.4) is 0 Å². The number of rotatable bonds is 5. The Bertz CT molecular complexity index is 873. The molecular weight excluding hydrogens is 342 g/mol. The lowest BCUT2D eigenvalue weighted by molar-refractivity contribution is -0.384. The third-order valence-electron chi connectivity index (χ3n) is 4.80. The van der Waals surface area contributed by atoms with E-state index in [2.05, 4.69) is 16.6 Å². The van der Waals surface area contributed by atoms with E-state index in [1.54, 1.807) is 18.3 Å². The fraction of sp³-hybridized carbons (Fsp3) is 0.238. The molecule has 2 unspecified atom stereocenters. The van der Waals surface area contributed by atoms with Gasteiger partial charge in [0.1, 0.15) is 0 Å². The molecule has 1 N–H and O–H groups in total. The van der Waals surface area contributed by atoms with Gasteiger partial charge in [-0.3, -0.25) is 14.9 Å². The van der Waals surface area contributed by atoms with Crippen LogP contribution in [0.25, 0.3) is 0 Å². The van der Waals surface area contributed by atoms with Crippen molar-refractivity contribution in [2.24, 2.45) is 11.0 Å². The van der Waals surface area contributed by atoms with E-state index in [9.17, 15) is 14.9 Å². The lowest BCUT2D eigenvalue weighted by Gasteiger charge is -2.29. The maximum absolute atomic E-state index is 12.7. The predicted octanol–water partition coefficient (Wildman–Crippen LogP) is 4.19. The van der Waals surface area contributed by atoms with Crippen LogP contribution in [0.15, 0.2) is 71.3 Å². The van der Waals surface area contributed by atoms with Crippen molar-refractivity contribution in [2.75, 3.05) is 0 Å². The van der Waals surface area contributed by atoms with E-state index in [0.717, 1.165) is 17.5 Å². The first-order valence-electron chi connectivity index (χ1n) is 8.82. The van der Waals surface area contributed by atoms with E-state index >= 15 is 0 Å². The Morgan fingerprint density at radius 3 is 2.56 bits per heavy atom. The molecule has 0 radical (unpaired) electrons. The van der Waals surface area contributed by atoms with Gasteiger partial charge in [0, 0.05) is 12.1 Å². The van der Waals surface area contributed by atoms with Crippen molar-refractivity contribution in [3.8, 4) is 0 Å². The summed E-state index contributed by atoms with van der Waals surface area (Å²) < 4.78 is 0. The smallest absolute Gasteiger partial charge is 0.269 e. The van der Waals surface area contributed by atoms with Crippen molar-refractivity contribution in [3.05, 3.63) is 87.5 Å². The Balaban J connectivity index is 1.74. The molecule has 3 rings (SSSR count). The van der Waals surface area contributed by atoms with Crippen LogP contribution in [0.2, 0.25) is 0 Å². The Morgan fingerprint density at radius 1 is 1.19 bits per heavy atom. The molecule has 27 heavy (non-hydrogen) atoms. The van der Waals surface area contributed by atoms with Crippen LogP contribution in [0.5, 0.6) is 0 Å². The van der Waals surface area contributed by atoms with Gasteiger partial charge in [0.25, 0.3) is 5.69 Å². The van der Waals surface area contributed by atoms with Gasteiger partial charge in [0.05, 0.1) is 17.1 Å². The monoisotopic (exact) mass is 363 g/mol. The summed E-state index contributed by atoms with van der Waals surface area (Å²) in [5.41, 5.74) is 5.74. The van der Waals surface area contributed by atoms with Gasteiger partial charge in [0.2, 0.25) is 5.91 Å². The van der Waals surface area contributed by atoms with E-state index in [1.165, 1.54) is 17.7 Å². The number of nitrogens with one attached hydrogen (secondary N) is 1. The molecule has 0 aromatic heterocycles. The third-order valence-corrected chi connectivity index (χ3v) is 4.80. The third kappa shape index (κ3) is 4.67. The number of amides is 1. The fourth-order valence-corrected chi connectivity index (χ4v) is 3.34. The van der Waals surface area contributed by atoms with Gasteiger partial charge in [-0.2, -0.15) is 5.10 Å². The highest BCUT2D eigenvalue weighted by atomic mass is 16.6. The molecule has 2 aromatic carbocycles. The second-order valence-corrected chi connectivity index (χ2v) is 6.70. The van der Waals surface area contributed by atoms with Gasteiger partial charge >= 0.3 is 0 Å². The first kappa shape index (κ1) is 18.5. The van der Waals surface area contributed by atoms with Crippen LogP contribution in [-0.4, -0.2) is 17.0 Å². The molecule has 0 saturated heterocycles. The maximum Gasteiger partial charge on any atom is 0.269 e. The molecule has 6 heteroatoms. The van der Waals surface area contributed by atoms with Crippen LogP contribution in [0.4, 0.5) is 5.69 Å². The second kappa shape index (κ2) is 8.40. The van der Waals surface area contributed by atoms with Crippen molar-refractivity contribution in [1.29, 1.82) is 0 Å². The average molecular weight is 363 g/mol. The summed E-state index contributed by atoms with van der Waals surface area (Å²) in [5, 5.41) is 14.9. The second-order valence-electron chi connectivity index (χ2n) is 6.70. The van der Waals surface area contributed by atoms with E-state index in [0.29, 0.717) is 6.42 Å². The van der Waals surface area contributed by atoms with E-state index in [4.69, 9.17) is 0 Å². The number of carbonyl (C=O) groups excluding carboxylic acids is 1. The first-order chi connectivity index (χ1) is 13.0. The molecule has 2 aromatic rings. The zero-order chi connectivity index (χ0) is 19.2. The summed E-state index contributed by atoms with van der Waals surface area (Å²) in [7, 11) is 0. The number of hydrogen-bond donors (Lipinski definition) is 1. The molecule has 1 amide bonds. The standard InChI is InChI=1S/C21H21N3O3/c1-15-7-12-19(21(25)23-22-14-16-5-3-2-4-6-16)20(13-15)17-8-10-18(11-9-17)24(26)27/h2-11,14,19-20H,12-13H2,1H3,(H,23,25). The largest absolute Gasteiger partial charge is 0.273 e. The highest BCUT2D eigenvalue weighted by Crippen LogP contribution is 2.38. The van der Waals surface area contributed by atoms with Crippen molar-refractivity contribution in [3.63, 3.8) is 0 Å². The SMILES string of the molecule is CC1=CCC(C(=O)NN=Cc2ccccc2)C(c2ccc([N+](=O)[O-])cc2)C1. The molecule has 6 nitrogen and oxygen atoms in total. The fourth-order valence-electron chi connectivity index (χ4n) is 3.34. The normalized spacial score (nSPS) is 19.5. The Kier molecular flexibility index (Phi) is 5.76. The number of hydrogen-bond acceptors (Lipinski definition) is 4. The minimum atomic E-state index is -0.418. The quantitative estimate of drug-likeness (QED) is 0.374. The highest BCUT2D eigenvalue weighted by molar-refractivity contribution is 5.84. The van der Waals surface area contributed by atoms with Crippen LogP contribution >= 0.6 is 0 Å². The zero-order valence-electron chi connectivity index (χ0n) is 15.0. The highest BCUT2D eigenvalue weighted by Gasteiger charge is 2.31. The lowest BCUT2D eigenvalue weighted by Crippen LogP contribution is -2.33. The molecule has 0 spiro atoms. The van der Waals surface area contributed by atoms with Crippen LogP contribution in [-0.2, 0) is 4.79 Å². The molecule has 138 valence electrons. The summed E-state index contributed by atoms with van der Waals surface area (Å²) in [4.78, 5) is 23.1.